The first-order valence-corrected chi connectivity index (χ1v) is 5.95. The standard InChI is InChI=1S/C14H13N3O3/c1-10-7-16-12(8-15-10)14(20)17(9-13(18)19)11-5-3-2-4-6-11/h2-8H,9H2,1H3,(H,18,19). The summed E-state index contributed by atoms with van der Waals surface area (Å²) in [7, 11) is 0. The molecule has 1 aromatic heterocycles. The fourth-order valence-electron chi connectivity index (χ4n) is 1.66. The van der Waals surface area contributed by atoms with Crippen LogP contribution in [0.3, 0.4) is 0 Å². The number of carbonyl (C=O) groups excluding carboxylic acids is 1. The van der Waals surface area contributed by atoms with Crippen LogP contribution in [0.4, 0.5) is 5.69 Å². The van der Waals surface area contributed by atoms with Crippen molar-refractivity contribution < 1.29 is 14.7 Å². The Morgan fingerprint density at radius 1 is 1.15 bits per heavy atom. The van der Waals surface area contributed by atoms with Gasteiger partial charge < -0.3 is 5.11 Å². The lowest BCUT2D eigenvalue weighted by Crippen LogP contribution is -2.36. The molecule has 0 radical (unpaired) electrons. The van der Waals surface area contributed by atoms with E-state index in [1.54, 1.807) is 37.3 Å². The number of hydrogen-bond acceptors (Lipinski definition) is 4. The average molecular weight is 271 g/mol. The molecule has 1 amide bonds. The summed E-state index contributed by atoms with van der Waals surface area (Å²) in [6.45, 7) is 1.33. The van der Waals surface area contributed by atoms with Crippen molar-refractivity contribution in [3.63, 3.8) is 0 Å². The van der Waals surface area contributed by atoms with Gasteiger partial charge in [-0.1, -0.05) is 18.2 Å². The van der Waals surface area contributed by atoms with Crippen LogP contribution in [0.1, 0.15) is 16.2 Å². The minimum absolute atomic E-state index is 0.112. The maximum absolute atomic E-state index is 12.4. The normalized spacial score (nSPS) is 10.1. The van der Waals surface area contributed by atoms with Crippen molar-refractivity contribution in [3.05, 3.63) is 54.1 Å². The van der Waals surface area contributed by atoms with Crippen molar-refractivity contribution in [3.8, 4) is 0 Å². The Hall–Kier alpha value is -2.76. The van der Waals surface area contributed by atoms with E-state index in [0.29, 0.717) is 11.4 Å². The summed E-state index contributed by atoms with van der Waals surface area (Å²) in [5.41, 5.74) is 1.30. The lowest BCUT2D eigenvalue weighted by Gasteiger charge is -2.20. The van der Waals surface area contributed by atoms with Gasteiger partial charge in [0.1, 0.15) is 12.2 Å². The van der Waals surface area contributed by atoms with Gasteiger partial charge in [0.2, 0.25) is 0 Å². The van der Waals surface area contributed by atoms with E-state index in [-0.39, 0.29) is 5.69 Å². The highest BCUT2D eigenvalue weighted by Gasteiger charge is 2.21. The number of rotatable bonds is 4. The van der Waals surface area contributed by atoms with Crippen molar-refractivity contribution in [1.82, 2.24) is 9.97 Å². The number of aromatic nitrogens is 2. The van der Waals surface area contributed by atoms with Crippen molar-refractivity contribution in [2.45, 2.75) is 6.92 Å². The van der Waals surface area contributed by atoms with Gasteiger partial charge in [0, 0.05) is 11.9 Å². The van der Waals surface area contributed by atoms with E-state index in [9.17, 15) is 9.59 Å². The zero-order chi connectivity index (χ0) is 14.5. The predicted molar refractivity (Wildman–Crippen MR) is 72.5 cm³/mol. The quantitative estimate of drug-likeness (QED) is 0.911. The number of nitrogens with zero attached hydrogens (tertiary/aromatic N) is 3. The maximum Gasteiger partial charge on any atom is 0.323 e. The van der Waals surface area contributed by atoms with E-state index in [1.165, 1.54) is 12.4 Å². The summed E-state index contributed by atoms with van der Waals surface area (Å²) < 4.78 is 0. The first-order valence-electron chi connectivity index (χ1n) is 5.95. The fraction of sp³-hybridized carbons (Fsp3) is 0.143. The zero-order valence-corrected chi connectivity index (χ0v) is 10.9. The van der Waals surface area contributed by atoms with Crippen LogP contribution in [-0.4, -0.2) is 33.5 Å². The van der Waals surface area contributed by atoms with Gasteiger partial charge in [0.15, 0.2) is 0 Å². The lowest BCUT2D eigenvalue weighted by molar-refractivity contribution is -0.135. The SMILES string of the molecule is Cc1cnc(C(=O)N(CC(=O)O)c2ccccc2)cn1. The number of amides is 1. The van der Waals surface area contributed by atoms with Gasteiger partial charge in [-0.2, -0.15) is 0 Å². The zero-order valence-electron chi connectivity index (χ0n) is 10.9. The van der Waals surface area contributed by atoms with E-state index in [0.717, 1.165) is 4.90 Å². The Morgan fingerprint density at radius 2 is 1.85 bits per heavy atom. The smallest absolute Gasteiger partial charge is 0.323 e. The van der Waals surface area contributed by atoms with Crippen molar-refractivity contribution in [1.29, 1.82) is 0 Å². The molecule has 0 unspecified atom stereocenters. The van der Waals surface area contributed by atoms with E-state index in [2.05, 4.69) is 9.97 Å². The summed E-state index contributed by atoms with van der Waals surface area (Å²) in [5.74, 6) is -1.59. The molecule has 0 aliphatic carbocycles. The lowest BCUT2D eigenvalue weighted by atomic mass is 10.2. The molecule has 0 aliphatic heterocycles. The number of benzene rings is 1. The summed E-state index contributed by atoms with van der Waals surface area (Å²) in [6.07, 6.45) is 2.81. The number of aryl methyl sites for hydroxylation is 1. The number of anilines is 1. The molecule has 0 fully saturated rings. The second-order valence-electron chi connectivity index (χ2n) is 4.16. The van der Waals surface area contributed by atoms with Crippen molar-refractivity contribution in [2.75, 3.05) is 11.4 Å². The van der Waals surface area contributed by atoms with E-state index in [1.807, 2.05) is 0 Å². The highest BCUT2D eigenvalue weighted by Crippen LogP contribution is 2.15. The molecule has 6 nitrogen and oxygen atoms in total. The Bertz CT molecular complexity index is 611. The molecule has 0 aliphatic rings. The van der Waals surface area contributed by atoms with Gasteiger partial charge >= 0.3 is 5.97 Å². The molecule has 2 aromatic rings. The average Bonchev–Trinajstić information content (AvgIpc) is 2.45. The van der Waals surface area contributed by atoms with E-state index >= 15 is 0 Å². The molecule has 1 aromatic carbocycles. The minimum atomic E-state index is -1.10. The van der Waals surface area contributed by atoms with Crippen molar-refractivity contribution in [2.24, 2.45) is 0 Å². The van der Waals surface area contributed by atoms with Crippen molar-refractivity contribution >= 4 is 17.6 Å². The molecule has 20 heavy (non-hydrogen) atoms. The van der Waals surface area contributed by atoms with Crippen LogP contribution in [0.2, 0.25) is 0 Å². The molecule has 1 heterocycles. The third-order valence-electron chi connectivity index (χ3n) is 2.61. The second kappa shape index (κ2) is 5.92. The topological polar surface area (TPSA) is 83.4 Å². The number of aliphatic carboxylic acids is 1. The van der Waals surface area contributed by atoms with Crippen LogP contribution >= 0.6 is 0 Å². The number of para-hydroxylation sites is 1. The Kier molecular flexibility index (Phi) is 4.05. The molecule has 0 atom stereocenters. The number of carbonyl (C=O) groups is 2. The third-order valence-corrected chi connectivity index (χ3v) is 2.61. The first-order chi connectivity index (χ1) is 9.58. The molecule has 0 bridgehead atoms. The largest absolute Gasteiger partial charge is 0.480 e. The molecule has 0 saturated heterocycles. The van der Waals surface area contributed by atoms with Gasteiger partial charge in [-0.15, -0.1) is 0 Å². The highest BCUT2D eigenvalue weighted by molar-refractivity contribution is 6.06. The molecule has 6 heteroatoms. The number of hydrogen-bond donors (Lipinski definition) is 1. The van der Waals surface area contributed by atoms with Crippen LogP contribution < -0.4 is 4.90 Å². The molecule has 2 rings (SSSR count). The Balaban J connectivity index is 2.34. The van der Waals surface area contributed by atoms with Gasteiger partial charge in [-0.3, -0.25) is 19.5 Å². The Labute approximate surface area is 115 Å². The van der Waals surface area contributed by atoms with Crippen LogP contribution in [0.15, 0.2) is 42.7 Å². The summed E-state index contributed by atoms with van der Waals surface area (Å²) in [6, 6.07) is 8.60. The maximum atomic E-state index is 12.4. The molecular formula is C14H13N3O3. The summed E-state index contributed by atoms with van der Waals surface area (Å²) in [4.78, 5) is 32.4. The minimum Gasteiger partial charge on any atom is -0.480 e. The summed E-state index contributed by atoms with van der Waals surface area (Å²) in [5, 5.41) is 8.96. The fourth-order valence-corrected chi connectivity index (χ4v) is 1.66. The van der Waals surface area contributed by atoms with E-state index < -0.39 is 18.4 Å². The molecule has 0 spiro atoms. The molecule has 1 N–H and O–H groups in total. The highest BCUT2D eigenvalue weighted by atomic mass is 16.4. The molecule has 102 valence electrons. The van der Waals surface area contributed by atoms with Gasteiger partial charge in [0.05, 0.1) is 11.9 Å². The van der Waals surface area contributed by atoms with Gasteiger partial charge in [-0.25, -0.2) is 4.98 Å². The second-order valence-corrected chi connectivity index (χ2v) is 4.16. The number of carboxylic acids is 1. The van der Waals surface area contributed by atoms with Crippen LogP contribution in [0, 0.1) is 6.92 Å². The molecular weight excluding hydrogens is 258 g/mol. The summed E-state index contributed by atoms with van der Waals surface area (Å²) >= 11 is 0. The van der Waals surface area contributed by atoms with Crippen LogP contribution in [0.5, 0.6) is 0 Å². The first kappa shape index (κ1) is 13.7. The van der Waals surface area contributed by atoms with Crippen LogP contribution in [-0.2, 0) is 4.79 Å². The third kappa shape index (κ3) is 3.17. The van der Waals surface area contributed by atoms with Gasteiger partial charge in [0.25, 0.3) is 5.91 Å². The van der Waals surface area contributed by atoms with E-state index in [4.69, 9.17) is 5.11 Å². The predicted octanol–water partition coefficient (Wildman–Crippen LogP) is 1.52. The van der Waals surface area contributed by atoms with Crippen LogP contribution in [0.25, 0.3) is 0 Å². The number of carboxylic acid groups (broad SMARTS) is 1. The molecule has 0 saturated carbocycles. The van der Waals surface area contributed by atoms with Gasteiger partial charge in [-0.05, 0) is 19.1 Å². The monoisotopic (exact) mass is 271 g/mol. The Morgan fingerprint density at radius 3 is 2.40 bits per heavy atom.